The molecule has 2 aromatic rings. The Morgan fingerprint density at radius 2 is 1.50 bits per heavy atom. The monoisotopic (exact) mass is 327 g/mol. The van der Waals surface area contributed by atoms with Gasteiger partial charge in [0, 0.05) is 24.9 Å². The summed E-state index contributed by atoms with van der Waals surface area (Å²) in [6.07, 6.45) is 9.84. The third-order valence-corrected chi connectivity index (χ3v) is 4.25. The molecular weight excluding hydrogens is 298 g/mol. The minimum absolute atomic E-state index is 0.145. The fourth-order valence-corrected chi connectivity index (χ4v) is 2.83. The lowest BCUT2D eigenvalue weighted by Crippen LogP contribution is -2.01. The van der Waals surface area contributed by atoms with Crippen LogP contribution in [-0.4, -0.2) is 23.3 Å². The van der Waals surface area contributed by atoms with Crippen molar-refractivity contribution in [2.45, 2.75) is 51.6 Å². The van der Waals surface area contributed by atoms with Crippen LogP contribution in [-0.2, 0) is 24.2 Å². The standard InChI is InChI=1S/C21H29NO2/c23-18-20-12-6-5-11-19(20)10-4-2-1-3-9-16-24-17-14-21-13-7-8-15-22-21/h5-8,11-13,15,23H,1-4,9-10,14,16-18H2. The van der Waals surface area contributed by atoms with Crippen LogP contribution >= 0.6 is 0 Å². The third kappa shape index (κ3) is 7.24. The SMILES string of the molecule is OCc1ccccc1CCCCCCCOCCc1ccccn1. The molecule has 0 saturated carbocycles. The van der Waals surface area contributed by atoms with E-state index in [2.05, 4.69) is 17.1 Å². The Balaban J connectivity index is 1.43. The van der Waals surface area contributed by atoms with E-state index in [4.69, 9.17) is 4.74 Å². The number of aliphatic hydroxyl groups excluding tert-OH is 1. The van der Waals surface area contributed by atoms with Gasteiger partial charge in [0.25, 0.3) is 0 Å². The predicted molar refractivity (Wildman–Crippen MR) is 97.9 cm³/mol. The number of nitrogens with zero attached hydrogens (tertiary/aromatic N) is 1. The molecular formula is C21H29NO2. The Bertz CT molecular complexity index is 557. The van der Waals surface area contributed by atoms with Gasteiger partial charge in [-0.3, -0.25) is 4.98 Å². The van der Waals surface area contributed by atoms with Gasteiger partial charge in [-0.15, -0.1) is 0 Å². The molecule has 0 aliphatic carbocycles. The number of rotatable bonds is 12. The van der Waals surface area contributed by atoms with Crippen LogP contribution in [0.3, 0.4) is 0 Å². The smallest absolute Gasteiger partial charge is 0.0684 e. The summed E-state index contributed by atoms with van der Waals surface area (Å²) in [4.78, 5) is 4.29. The van der Waals surface area contributed by atoms with Gasteiger partial charge in [-0.2, -0.15) is 0 Å². The van der Waals surface area contributed by atoms with E-state index in [1.165, 1.54) is 31.2 Å². The highest BCUT2D eigenvalue weighted by Gasteiger charge is 2.00. The number of pyridine rings is 1. The van der Waals surface area contributed by atoms with Crippen molar-refractivity contribution in [3.63, 3.8) is 0 Å². The molecule has 1 heterocycles. The Labute approximate surface area is 145 Å². The fraction of sp³-hybridized carbons (Fsp3) is 0.476. The first kappa shape index (κ1) is 18.6. The summed E-state index contributed by atoms with van der Waals surface area (Å²) in [6.45, 7) is 1.75. The van der Waals surface area contributed by atoms with Gasteiger partial charge in [0.1, 0.15) is 0 Å². The van der Waals surface area contributed by atoms with Crippen LogP contribution < -0.4 is 0 Å². The van der Waals surface area contributed by atoms with Crippen LogP contribution in [0.4, 0.5) is 0 Å². The molecule has 2 rings (SSSR count). The van der Waals surface area contributed by atoms with Gasteiger partial charge in [0.15, 0.2) is 0 Å². The lowest BCUT2D eigenvalue weighted by molar-refractivity contribution is 0.132. The number of ether oxygens (including phenoxy) is 1. The number of aromatic nitrogens is 1. The number of hydrogen-bond donors (Lipinski definition) is 1. The second kappa shape index (κ2) is 11.8. The molecule has 1 aromatic carbocycles. The fourth-order valence-electron chi connectivity index (χ4n) is 2.83. The Morgan fingerprint density at radius 1 is 0.750 bits per heavy atom. The van der Waals surface area contributed by atoms with Crippen molar-refractivity contribution >= 4 is 0 Å². The lowest BCUT2D eigenvalue weighted by Gasteiger charge is -2.07. The highest BCUT2D eigenvalue weighted by Crippen LogP contribution is 2.13. The van der Waals surface area contributed by atoms with Crippen LogP contribution in [0.15, 0.2) is 48.7 Å². The van der Waals surface area contributed by atoms with E-state index < -0.39 is 0 Å². The number of benzene rings is 1. The summed E-state index contributed by atoms with van der Waals surface area (Å²) in [5, 5.41) is 9.32. The van der Waals surface area contributed by atoms with Crippen LogP contribution in [0.2, 0.25) is 0 Å². The van der Waals surface area contributed by atoms with Gasteiger partial charge in [-0.05, 0) is 42.5 Å². The quantitative estimate of drug-likeness (QED) is 0.590. The third-order valence-electron chi connectivity index (χ3n) is 4.25. The van der Waals surface area contributed by atoms with Gasteiger partial charge in [-0.25, -0.2) is 0 Å². The van der Waals surface area contributed by atoms with Crippen LogP contribution in [0.25, 0.3) is 0 Å². The summed E-state index contributed by atoms with van der Waals surface area (Å²) < 4.78 is 5.68. The Kier molecular flexibility index (Phi) is 9.13. The first-order chi connectivity index (χ1) is 11.9. The van der Waals surface area contributed by atoms with Gasteiger partial charge in [-0.1, -0.05) is 49.6 Å². The molecule has 24 heavy (non-hydrogen) atoms. The summed E-state index contributed by atoms with van der Waals surface area (Å²) in [6, 6.07) is 14.2. The normalized spacial score (nSPS) is 10.9. The molecule has 1 aromatic heterocycles. The first-order valence-corrected chi connectivity index (χ1v) is 9.05. The van der Waals surface area contributed by atoms with Gasteiger partial charge < -0.3 is 9.84 Å². The van der Waals surface area contributed by atoms with Crippen LogP contribution in [0.5, 0.6) is 0 Å². The molecule has 0 radical (unpaired) electrons. The first-order valence-electron chi connectivity index (χ1n) is 9.05. The molecule has 0 atom stereocenters. The van der Waals surface area contributed by atoms with Crippen LogP contribution in [0.1, 0.15) is 48.9 Å². The topological polar surface area (TPSA) is 42.4 Å². The van der Waals surface area contributed by atoms with E-state index in [1.54, 1.807) is 0 Å². The lowest BCUT2D eigenvalue weighted by atomic mass is 10.0. The average molecular weight is 327 g/mol. The maximum Gasteiger partial charge on any atom is 0.0684 e. The van der Waals surface area contributed by atoms with Crippen molar-refractivity contribution in [1.29, 1.82) is 0 Å². The minimum atomic E-state index is 0.145. The van der Waals surface area contributed by atoms with Crippen molar-refractivity contribution in [3.8, 4) is 0 Å². The van der Waals surface area contributed by atoms with Gasteiger partial charge in [0.2, 0.25) is 0 Å². The van der Waals surface area contributed by atoms with Gasteiger partial charge >= 0.3 is 0 Å². The molecule has 130 valence electrons. The summed E-state index contributed by atoms with van der Waals surface area (Å²) >= 11 is 0. The maximum absolute atomic E-state index is 9.32. The molecule has 0 unspecified atom stereocenters. The molecule has 0 amide bonds. The predicted octanol–water partition coefficient (Wildman–Crippen LogP) is 4.33. The van der Waals surface area contributed by atoms with Crippen molar-refractivity contribution in [2.75, 3.05) is 13.2 Å². The second-order valence-corrected chi connectivity index (χ2v) is 6.13. The number of hydrogen-bond acceptors (Lipinski definition) is 3. The van der Waals surface area contributed by atoms with E-state index in [0.717, 1.165) is 43.7 Å². The molecule has 0 saturated heterocycles. The number of aliphatic hydroxyl groups is 1. The zero-order chi connectivity index (χ0) is 16.9. The molecule has 0 spiro atoms. The highest BCUT2D eigenvalue weighted by molar-refractivity contribution is 5.26. The molecule has 0 aliphatic rings. The van der Waals surface area contributed by atoms with Gasteiger partial charge in [0.05, 0.1) is 13.2 Å². The van der Waals surface area contributed by atoms with Crippen LogP contribution in [0, 0.1) is 0 Å². The van der Waals surface area contributed by atoms with E-state index in [0.29, 0.717) is 0 Å². The largest absolute Gasteiger partial charge is 0.392 e. The summed E-state index contributed by atoms with van der Waals surface area (Å²) in [5.74, 6) is 0. The highest BCUT2D eigenvalue weighted by atomic mass is 16.5. The molecule has 3 nitrogen and oxygen atoms in total. The molecule has 0 bridgehead atoms. The van der Waals surface area contributed by atoms with E-state index in [9.17, 15) is 5.11 Å². The zero-order valence-electron chi connectivity index (χ0n) is 14.5. The summed E-state index contributed by atoms with van der Waals surface area (Å²) in [7, 11) is 0. The molecule has 3 heteroatoms. The molecule has 1 N–H and O–H groups in total. The molecule has 0 aliphatic heterocycles. The number of unbranched alkanes of at least 4 members (excludes halogenated alkanes) is 4. The minimum Gasteiger partial charge on any atom is -0.392 e. The van der Waals surface area contributed by atoms with E-state index >= 15 is 0 Å². The van der Waals surface area contributed by atoms with Crippen molar-refractivity contribution < 1.29 is 9.84 Å². The molecule has 0 fully saturated rings. The maximum atomic E-state index is 9.32. The zero-order valence-corrected chi connectivity index (χ0v) is 14.5. The Hall–Kier alpha value is -1.71. The summed E-state index contributed by atoms with van der Waals surface area (Å²) in [5.41, 5.74) is 3.46. The van der Waals surface area contributed by atoms with E-state index in [-0.39, 0.29) is 6.61 Å². The second-order valence-electron chi connectivity index (χ2n) is 6.13. The van der Waals surface area contributed by atoms with Crippen molar-refractivity contribution in [3.05, 3.63) is 65.5 Å². The van der Waals surface area contributed by atoms with E-state index in [1.807, 2.05) is 36.5 Å². The number of aryl methyl sites for hydroxylation is 1. The average Bonchev–Trinajstić information content (AvgIpc) is 2.64. The van der Waals surface area contributed by atoms with Crippen molar-refractivity contribution in [2.24, 2.45) is 0 Å². The van der Waals surface area contributed by atoms with Crippen molar-refractivity contribution in [1.82, 2.24) is 4.98 Å². The Morgan fingerprint density at radius 3 is 2.29 bits per heavy atom.